The number of carboxylic acids is 1. The maximum absolute atomic E-state index is 11.6. The van der Waals surface area contributed by atoms with Crippen LogP contribution in [0.5, 0.6) is 11.5 Å². The first-order valence-electron chi connectivity index (χ1n) is 6.66. The number of hydrogen-bond acceptors (Lipinski definition) is 3. The van der Waals surface area contributed by atoms with Gasteiger partial charge in [0.15, 0.2) is 0 Å². The molecule has 1 atom stereocenters. The summed E-state index contributed by atoms with van der Waals surface area (Å²) >= 11 is 0. The second-order valence-electron chi connectivity index (χ2n) is 5.30. The van der Waals surface area contributed by atoms with Crippen molar-refractivity contribution in [2.75, 3.05) is 0 Å². The first-order valence-corrected chi connectivity index (χ1v) is 6.66. The quantitative estimate of drug-likeness (QED) is 0.886. The monoisotopic (exact) mass is 286 g/mol. The van der Waals surface area contributed by atoms with Crippen LogP contribution < -0.4 is 4.74 Å². The van der Waals surface area contributed by atoms with Crippen molar-refractivity contribution >= 4 is 5.97 Å². The second kappa shape index (κ2) is 5.87. The number of aromatic hydroxyl groups is 1. The molecule has 0 aromatic heterocycles. The molecule has 0 amide bonds. The zero-order valence-corrected chi connectivity index (χ0v) is 12.0. The Morgan fingerprint density at radius 3 is 2.43 bits per heavy atom. The highest BCUT2D eigenvalue weighted by molar-refractivity contribution is 5.78. The summed E-state index contributed by atoms with van der Waals surface area (Å²) in [5.41, 5.74) is 0.417. The molecular weight excluding hydrogens is 268 g/mol. The highest BCUT2D eigenvalue weighted by Gasteiger charge is 2.36. The van der Waals surface area contributed by atoms with Crippen molar-refractivity contribution in [1.29, 1.82) is 0 Å². The number of rotatable bonds is 5. The van der Waals surface area contributed by atoms with E-state index >= 15 is 0 Å². The zero-order valence-electron chi connectivity index (χ0n) is 12.0. The highest BCUT2D eigenvalue weighted by Crippen LogP contribution is 2.24. The molecule has 4 heteroatoms. The van der Waals surface area contributed by atoms with Gasteiger partial charge in [0.1, 0.15) is 11.5 Å². The Labute approximate surface area is 123 Å². The fourth-order valence-electron chi connectivity index (χ4n) is 2.10. The Morgan fingerprint density at radius 2 is 1.86 bits per heavy atom. The third-order valence-electron chi connectivity index (χ3n) is 3.26. The Morgan fingerprint density at radius 1 is 1.19 bits per heavy atom. The van der Waals surface area contributed by atoms with Crippen LogP contribution in [-0.2, 0) is 11.2 Å². The average Bonchev–Trinajstić information content (AvgIpc) is 2.41. The number of hydrogen-bond donors (Lipinski definition) is 2. The Bertz CT molecular complexity index is 633. The Balaban J connectivity index is 2.23. The van der Waals surface area contributed by atoms with Crippen LogP contribution in [0.4, 0.5) is 0 Å². The van der Waals surface area contributed by atoms with E-state index in [2.05, 4.69) is 0 Å². The number of benzene rings is 2. The van der Waals surface area contributed by atoms with Gasteiger partial charge in [-0.15, -0.1) is 0 Å². The molecule has 1 unspecified atom stereocenters. The van der Waals surface area contributed by atoms with E-state index in [0.717, 1.165) is 11.1 Å². The molecule has 2 aromatic rings. The molecule has 110 valence electrons. The average molecular weight is 286 g/mol. The molecule has 0 saturated heterocycles. The van der Waals surface area contributed by atoms with Gasteiger partial charge in [-0.1, -0.05) is 24.3 Å². The van der Waals surface area contributed by atoms with Crippen molar-refractivity contribution in [2.45, 2.75) is 25.9 Å². The van der Waals surface area contributed by atoms with Gasteiger partial charge in [0.2, 0.25) is 5.60 Å². The van der Waals surface area contributed by atoms with Crippen LogP contribution in [0.1, 0.15) is 18.1 Å². The second-order valence-corrected chi connectivity index (χ2v) is 5.30. The van der Waals surface area contributed by atoms with Crippen LogP contribution in [0.2, 0.25) is 0 Å². The predicted molar refractivity (Wildman–Crippen MR) is 79.7 cm³/mol. The number of phenolic OH excluding ortho intramolecular Hbond substituents is 1. The van der Waals surface area contributed by atoms with Crippen LogP contribution in [0.15, 0.2) is 48.5 Å². The van der Waals surface area contributed by atoms with Crippen LogP contribution in [0.3, 0.4) is 0 Å². The van der Waals surface area contributed by atoms with Crippen molar-refractivity contribution in [3.8, 4) is 11.5 Å². The van der Waals surface area contributed by atoms with E-state index < -0.39 is 11.6 Å². The van der Waals surface area contributed by atoms with Gasteiger partial charge in [-0.05, 0) is 49.2 Å². The van der Waals surface area contributed by atoms with Gasteiger partial charge in [-0.2, -0.15) is 0 Å². The Hall–Kier alpha value is -2.49. The lowest BCUT2D eigenvalue weighted by Crippen LogP contribution is -2.43. The largest absolute Gasteiger partial charge is 0.508 e. The molecule has 0 bridgehead atoms. The molecule has 0 aliphatic heterocycles. The summed E-state index contributed by atoms with van der Waals surface area (Å²) in [5, 5.41) is 18.8. The van der Waals surface area contributed by atoms with E-state index in [1.807, 2.05) is 19.1 Å². The van der Waals surface area contributed by atoms with Gasteiger partial charge >= 0.3 is 5.97 Å². The molecule has 0 heterocycles. The third-order valence-corrected chi connectivity index (χ3v) is 3.26. The molecule has 0 radical (unpaired) electrons. The number of aliphatic carboxylic acids is 1. The summed E-state index contributed by atoms with van der Waals surface area (Å²) in [5.74, 6) is -0.355. The lowest BCUT2D eigenvalue weighted by Gasteiger charge is -2.26. The van der Waals surface area contributed by atoms with Crippen LogP contribution in [0.25, 0.3) is 0 Å². The van der Waals surface area contributed by atoms with Crippen molar-refractivity contribution < 1.29 is 19.7 Å². The third kappa shape index (κ3) is 3.75. The van der Waals surface area contributed by atoms with E-state index in [0.29, 0.717) is 5.75 Å². The Kier molecular flexibility index (Phi) is 4.17. The fourth-order valence-corrected chi connectivity index (χ4v) is 2.10. The minimum atomic E-state index is -1.37. The maximum Gasteiger partial charge on any atom is 0.348 e. The molecule has 2 aromatic carbocycles. The molecule has 0 saturated carbocycles. The first-order chi connectivity index (χ1) is 9.89. The fraction of sp³-hybridized carbons (Fsp3) is 0.235. The molecule has 0 spiro atoms. The van der Waals surface area contributed by atoms with E-state index in [-0.39, 0.29) is 12.2 Å². The van der Waals surface area contributed by atoms with Crippen LogP contribution in [0, 0.1) is 6.92 Å². The molecule has 0 aliphatic carbocycles. The SMILES string of the molecule is Cc1cccc(OC(C)(Cc2ccc(O)cc2)C(=O)O)c1. The first kappa shape index (κ1) is 14.9. The van der Waals surface area contributed by atoms with Gasteiger partial charge in [0.25, 0.3) is 0 Å². The standard InChI is InChI=1S/C17H18O4/c1-12-4-3-5-15(10-12)21-17(2,16(19)20)11-13-6-8-14(18)9-7-13/h3-10,18H,11H2,1-2H3,(H,19,20). The molecule has 0 fully saturated rings. The number of aryl methyl sites for hydroxylation is 1. The molecule has 2 N–H and O–H groups in total. The van der Waals surface area contributed by atoms with Crippen molar-refractivity contribution in [2.24, 2.45) is 0 Å². The van der Waals surface area contributed by atoms with E-state index in [1.54, 1.807) is 31.2 Å². The van der Waals surface area contributed by atoms with Crippen molar-refractivity contribution in [3.05, 3.63) is 59.7 Å². The smallest absolute Gasteiger partial charge is 0.348 e. The molecule has 0 aliphatic rings. The minimum Gasteiger partial charge on any atom is -0.508 e. The summed E-state index contributed by atoms with van der Waals surface area (Å²) in [4.78, 5) is 11.6. The van der Waals surface area contributed by atoms with Gasteiger partial charge < -0.3 is 14.9 Å². The van der Waals surface area contributed by atoms with Crippen LogP contribution >= 0.6 is 0 Å². The normalized spacial score (nSPS) is 13.4. The molecule has 4 nitrogen and oxygen atoms in total. The van der Waals surface area contributed by atoms with E-state index in [1.165, 1.54) is 12.1 Å². The van der Waals surface area contributed by atoms with E-state index in [9.17, 15) is 15.0 Å². The van der Waals surface area contributed by atoms with Gasteiger partial charge in [-0.3, -0.25) is 0 Å². The minimum absolute atomic E-state index is 0.149. The number of ether oxygens (including phenoxy) is 1. The molecule has 2 rings (SSSR count). The summed E-state index contributed by atoms with van der Waals surface area (Å²) in [6.45, 7) is 3.47. The van der Waals surface area contributed by atoms with Gasteiger partial charge in [0, 0.05) is 6.42 Å². The number of carboxylic acid groups (broad SMARTS) is 1. The van der Waals surface area contributed by atoms with Gasteiger partial charge in [0.05, 0.1) is 0 Å². The van der Waals surface area contributed by atoms with E-state index in [4.69, 9.17) is 4.74 Å². The van der Waals surface area contributed by atoms with Crippen molar-refractivity contribution in [3.63, 3.8) is 0 Å². The number of carbonyl (C=O) groups is 1. The predicted octanol–water partition coefficient (Wildman–Crippen LogP) is 3.17. The maximum atomic E-state index is 11.6. The summed E-state index contributed by atoms with van der Waals surface area (Å²) in [6, 6.07) is 13.7. The topological polar surface area (TPSA) is 66.8 Å². The highest BCUT2D eigenvalue weighted by atomic mass is 16.5. The summed E-state index contributed by atoms with van der Waals surface area (Å²) < 4.78 is 5.72. The molecule has 21 heavy (non-hydrogen) atoms. The summed E-state index contributed by atoms with van der Waals surface area (Å²) in [6.07, 6.45) is 0.205. The zero-order chi connectivity index (χ0) is 15.5. The number of phenols is 1. The van der Waals surface area contributed by atoms with Gasteiger partial charge in [-0.25, -0.2) is 4.79 Å². The van der Waals surface area contributed by atoms with Crippen molar-refractivity contribution in [1.82, 2.24) is 0 Å². The lowest BCUT2D eigenvalue weighted by molar-refractivity contribution is -0.153. The molecular formula is C17H18O4. The van der Waals surface area contributed by atoms with Crippen LogP contribution in [-0.4, -0.2) is 21.8 Å². The summed E-state index contributed by atoms with van der Waals surface area (Å²) in [7, 11) is 0. The lowest BCUT2D eigenvalue weighted by atomic mass is 9.96.